The third kappa shape index (κ3) is 5.21. The van der Waals surface area contributed by atoms with E-state index in [1.54, 1.807) is 30.3 Å². The summed E-state index contributed by atoms with van der Waals surface area (Å²) in [6.45, 7) is 0.744. The summed E-state index contributed by atoms with van der Waals surface area (Å²) >= 11 is 2.63. The van der Waals surface area contributed by atoms with Gasteiger partial charge in [0.05, 0.1) is 24.3 Å². The van der Waals surface area contributed by atoms with Crippen LogP contribution >= 0.6 is 23.1 Å². The number of ether oxygens (including phenoxy) is 3. The number of anilines is 1. The molecule has 12 heteroatoms. The van der Waals surface area contributed by atoms with Crippen molar-refractivity contribution >= 4 is 51.6 Å². The molecule has 0 unspecified atom stereocenters. The summed E-state index contributed by atoms with van der Waals surface area (Å²) in [5, 5.41) is 20.2. The molecule has 1 saturated heterocycles. The second-order valence-corrected chi connectivity index (χ2v) is 11.4. The Kier molecular flexibility index (Phi) is 7.64. The Morgan fingerprint density at radius 2 is 1.71 bits per heavy atom. The average Bonchev–Trinajstić information content (AvgIpc) is 3.61. The molecule has 3 aromatic carbocycles. The first-order valence-corrected chi connectivity index (χ1v) is 14.6. The van der Waals surface area contributed by atoms with Gasteiger partial charge in [0.2, 0.25) is 5.13 Å². The molecule has 212 valence electrons. The molecule has 0 radical (unpaired) electrons. The minimum absolute atomic E-state index is 0.129. The van der Waals surface area contributed by atoms with E-state index in [0.29, 0.717) is 45.9 Å². The molecule has 0 saturated carbocycles. The van der Waals surface area contributed by atoms with Gasteiger partial charge in [-0.25, -0.2) is 4.79 Å². The summed E-state index contributed by atoms with van der Waals surface area (Å²) in [5.41, 5.74) is 2.03. The highest BCUT2D eigenvalue weighted by Crippen LogP contribution is 2.45. The van der Waals surface area contributed by atoms with E-state index >= 15 is 0 Å². The minimum Gasteiger partial charge on any atom is -0.507 e. The van der Waals surface area contributed by atoms with Crippen LogP contribution in [0.1, 0.15) is 33.1 Å². The maximum atomic E-state index is 13.5. The largest absolute Gasteiger partial charge is 0.507 e. The number of nitrogens with zero attached hydrogens (tertiary/aromatic N) is 3. The van der Waals surface area contributed by atoms with Gasteiger partial charge >= 0.3 is 11.9 Å². The smallest absolute Gasteiger partial charge is 0.337 e. The summed E-state index contributed by atoms with van der Waals surface area (Å²) in [6, 6.07) is 19.9. The van der Waals surface area contributed by atoms with Crippen LogP contribution in [0.2, 0.25) is 0 Å². The number of amides is 1. The third-order valence-electron chi connectivity index (χ3n) is 6.71. The van der Waals surface area contributed by atoms with Gasteiger partial charge in [-0.05, 0) is 41.5 Å². The predicted octanol–water partition coefficient (Wildman–Crippen LogP) is 5.01. The van der Waals surface area contributed by atoms with E-state index in [0.717, 1.165) is 5.56 Å². The van der Waals surface area contributed by atoms with Gasteiger partial charge in [0.1, 0.15) is 19.0 Å². The van der Waals surface area contributed by atoms with Crippen LogP contribution in [0.25, 0.3) is 5.76 Å². The van der Waals surface area contributed by atoms with E-state index < -0.39 is 23.7 Å². The number of aliphatic hydroxyl groups is 1. The van der Waals surface area contributed by atoms with Gasteiger partial charge in [0, 0.05) is 11.3 Å². The lowest BCUT2D eigenvalue weighted by Gasteiger charge is -2.23. The number of carbonyl (C=O) groups excluding carboxylic acids is 3. The Hall–Kier alpha value is -4.68. The van der Waals surface area contributed by atoms with Crippen LogP contribution in [0.4, 0.5) is 5.13 Å². The molecule has 1 atom stereocenters. The fourth-order valence-electron chi connectivity index (χ4n) is 4.69. The summed E-state index contributed by atoms with van der Waals surface area (Å²) in [7, 11) is 1.28. The van der Waals surface area contributed by atoms with Crippen molar-refractivity contribution in [2.75, 3.05) is 25.2 Å². The number of methoxy groups -OCH3 is 1. The Labute approximate surface area is 248 Å². The van der Waals surface area contributed by atoms with Crippen molar-refractivity contribution in [2.24, 2.45) is 0 Å². The molecule has 10 nitrogen and oxygen atoms in total. The van der Waals surface area contributed by atoms with Crippen molar-refractivity contribution in [3.63, 3.8) is 0 Å². The highest BCUT2D eigenvalue weighted by atomic mass is 32.2. The Morgan fingerprint density at radius 1 is 1.00 bits per heavy atom. The lowest BCUT2D eigenvalue weighted by Crippen LogP contribution is -2.29. The van der Waals surface area contributed by atoms with E-state index in [1.807, 2.05) is 30.3 Å². The first kappa shape index (κ1) is 27.5. The number of aromatic nitrogens is 2. The summed E-state index contributed by atoms with van der Waals surface area (Å²) in [5.74, 6) is -1.05. The fourth-order valence-corrected chi connectivity index (χ4v) is 6.51. The number of hydrogen-bond donors (Lipinski definition) is 1. The Balaban J connectivity index is 1.41. The number of Topliss-reactive ketones (excluding diaryl/α,β-unsaturated/α-hetero) is 1. The van der Waals surface area contributed by atoms with E-state index in [1.165, 1.54) is 47.2 Å². The zero-order valence-electron chi connectivity index (χ0n) is 22.2. The number of carbonyl (C=O) groups is 3. The van der Waals surface area contributed by atoms with Gasteiger partial charge in [0.15, 0.2) is 15.8 Å². The predicted molar refractivity (Wildman–Crippen MR) is 156 cm³/mol. The van der Waals surface area contributed by atoms with Gasteiger partial charge in [-0.1, -0.05) is 65.6 Å². The molecule has 6 rings (SSSR count). The molecule has 3 heterocycles. The van der Waals surface area contributed by atoms with Gasteiger partial charge < -0.3 is 19.3 Å². The summed E-state index contributed by atoms with van der Waals surface area (Å²) in [6.07, 6.45) is 0. The van der Waals surface area contributed by atoms with Crippen LogP contribution in [0, 0.1) is 0 Å². The van der Waals surface area contributed by atoms with Crippen molar-refractivity contribution in [3.05, 3.63) is 101 Å². The zero-order chi connectivity index (χ0) is 29.2. The standard InChI is InChI=1S/C30H23N3O7S2/c1-38-28(37)19-9-7-18(8-10-19)24-23(25(34)20-11-12-21-22(15-20)40-14-13-39-21)26(35)27(36)33(24)29-31-32-30(42-29)41-16-17-5-3-2-4-6-17/h2-12,15,24,34H,13-14,16H2,1H3/b25-23+/t24-/m1/s1. The molecule has 0 bridgehead atoms. The number of ketones is 1. The van der Waals surface area contributed by atoms with E-state index in [2.05, 4.69) is 10.2 Å². The zero-order valence-corrected chi connectivity index (χ0v) is 23.8. The summed E-state index contributed by atoms with van der Waals surface area (Å²) in [4.78, 5) is 40.3. The van der Waals surface area contributed by atoms with Crippen LogP contribution in [0.15, 0.2) is 82.7 Å². The molecule has 42 heavy (non-hydrogen) atoms. The molecular weight excluding hydrogens is 578 g/mol. The molecular formula is C30H23N3O7S2. The number of aliphatic hydroxyl groups excluding tert-OH is 1. The lowest BCUT2D eigenvalue weighted by molar-refractivity contribution is -0.132. The fraction of sp³-hybridized carbons (Fsp3) is 0.167. The topological polar surface area (TPSA) is 128 Å². The van der Waals surface area contributed by atoms with E-state index in [4.69, 9.17) is 14.2 Å². The van der Waals surface area contributed by atoms with Gasteiger partial charge in [-0.15, -0.1) is 10.2 Å². The summed E-state index contributed by atoms with van der Waals surface area (Å²) < 4.78 is 16.6. The van der Waals surface area contributed by atoms with Gasteiger partial charge in [-0.2, -0.15) is 0 Å². The number of rotatable bonds is 7. The van der Waals surface area contributed by atoms with Crippen molar-refractivity contribution in [2.45, 2.75) is 16.1 Å². The molecule has 1 aromatic heterocycles. The van der Waals surface area contributed by atoms with Crippen LogP contribution in [-0.4, -0.2) is 53.3 Å². The van der Waals surface area contributed by atoms with Crippen LogP contribution < -0.4 is 14.4 Å². The highest BCUT2D eigenvalue weighted by Gasteiger charge is 2.48. The highest BCUT2D eigenvalue weighted by molar-refractivity contribution is 8.00. The van der Waals surface area contributed by atoms with Crippen molar-refractivity contribution in [1.82, 2.24) is 10.2 Å². The van der Waals surface area contributed by atoms with E-state index in [9.17, 15) is 19.5 Å². The molecule has 2 aliphatic rings. The number of benzene rings is 3. The molecule has 1 amide bonds. The molecule has 2 aliphatic heterocycles. The normalized spacial score (nSPS) is 17.4. The third-order valence-corrected chi connectivity index (χ3v) is 8.84. The molecule has 4 aromatic rings. The first-order valence-electron chi connectivity index (χ1n) is 12.8. The monoisotopic (exact) mass is 601 g/mol. The minimum atomic E-state index is -1.04. The Bertz CT molecular complexity index is 1700. The number of esters is 1. The van der Waals surface area contributed by atoms with Gasteiger partial charge in [0.25, 0.3) is 5.78 Å². The number of fused-ring (bicyclic) bond motifs is 1. The molecule has 0 aliphatic carbocycles. The SMILES string of the molecule is COC(=O)c1ccc([C@@H]2/C(=C(\O)c3ccc4c(c3)OCCO4)C(=O)C(=O)N2c2nnc(SCc3ccccc3)s2)cc1. The molecule has 1 N–H and O–H groups in total. The number of thioether (sulfide) groups is 1. The van der Waals surface area contributed by atoms with Crippen LogP contribution in [-0.2, 0) is 20.1 Å². The number of hydrogen-bond acceptors (Lipinski definition) is 11. The van der Waals surface area contributed by atoms with Crippen molar-refractivity contribution in [3.8, 4) is 11.5 Å². The second-order valence-electron chi connectivity index (χ2n) is 9.27. The van der Waals surface area contributed by atoms with Crippen LogP contribution in [0.3, 0.4) is 0 Å². The molecule has 1 fully saturated rings. The average molecular weight is 602 g/mol. The van der Waals surface area contributed by atoms with Crippen LogP contribution in [0.5, 0.6) is 11.5 Å². The lowest BCUT2D eigenvalue weighted by atomic mass is 9.94. The first-order chi connectivity index (χ1) is 20.4. The van der Waals surface area contributed by atoms with Crippen molar-refractivity contribution in [1.29, 1.82) is 0 Å². The Morgan fingerprint density at radius 3 is 2.45 bits per heavy atom. The molecule has 0 spiro atoms. The van der Waals surface area contributed by atoms with Gasteiger partial charge in [-0.3, -0.25) is 14.5 Å². The van der Waals surface area contributed by atoms with Crippen molar-refractivity contribution < 1.29 is 33.7 Å². The maximum Gasteiger partial charge on any atom is 0.337 e. The maximum absolute atomic E-state index is 13.5. The second kappa shape index (κ2) is 11.7. The van der Waals surface area contributed by atoms with E-state index in [-0.39, 0.29) is 22.0 Å². The quantitative estimate of drug-likeness (QED) is 0.0771.